The number of fused-ring (bicyclic) bond motifs is 1. The van der Waals surface area contributed by atoms with Gasteiger partial charge in [-0.3, -0.25) is 14.4 Å². The molecule has 4 unspecified atom stereocenters. The number of hydrogen-bond acceptors (Lipinski definition) is 4. The van der Waals surface area contributed by atoms with E-state index in [1.807, 2.05) is 0 Å². The van der Waals surface area contributed by atoms with E-state index in [-0.39, 0.29) is 18.3 Å². The number of ether oxygens (including phenoxy) is 1. The van der Waals surface area contributed by atoms with E-state index in [0.717, 1.165) is 0 Å². The maximum atomic E-state index is 11.9. The second kappa shape index (κ2) is 2.84. The average Bonchev–Trinajstić information content (AvgIpc) is 2.65. The van der Waals surface area contributed by atoms with Crippen molar-refractivity contribution in [2.24, 2.45) is 17.3 Å². The lowest BCUT2D eigenvalue weighted by Crippen LogP contribution is -2.42. The van der Waals surface area contributed by atoms with Crippen LogP contribution in [0.5, 0.6) is 0 Å². The van der Waals surface area contributed by atoms with Gasteiger partial charge in [-0.1, -0.05) is 0 Å². The molecule has 3 fully saturated rings. The molecule has 2 aliphatic carbocycles. The highest BCUT2D eigenvalue weighted by Gasteiger charge is 2.68. The minimum Gasteiger partial charge on any atom is -0.481 e. The molecule has 5 nitrogen and oxygen atoms in total. The molecular formula is C11H12O5. The number of esters is 1. The highest BCUT2D eigenvalue weighted by molar-refractivity contribution is 6.00. The molecule has 2 saturated carbocycles. The molecule has 5 heteroatoms. The molecule has 3 rings (SSSR count). The van der Waals surface area contributed by atoms with E-state index in [0.29, 0.717) is 19.3 Å². The third-order valence-electron chi connectivity index (χ3n) is 4.33. The van der Waals surface area contributed by atoms with Crippen LogP contribution in [0.3, 0.4) is 0 Å². The summed E-state index contributed by atoms with van der Waals surface area (Å²) < 4.78 is 5.16. The van der Waals surface area contributed by atoms with Crippen molar-refractivity contribution in [3.63, 3.8) is 0 Å². The van der Waals surface area contributed by atoms with E-state index < -0.39 is 29.2 Å². The fourth-order valence-electron chi connectivity index (χ4n) is 3.63. The number of hydrogen-bond donors (Lipinski definition) is 1. The lowest BCUT2D eigenvalue weighted by atomic mass is 9.65. The van der Waals surface area contributed by atoms with E-state index in [1.54, 1.807) is 0 Å². The Labute approximate surface area is 91.8 Å². The Morgan fingerprint density at radius 2 is 2.12 bits per heavy atom. The molecule has 4 atom stereocenters. The fourth-order valence-corrected chi connectivity index (χ4v) is 3.63. The van der Waals surface area contributed by atoms with Crippen molar-refractivity contribution in [1.82, 2.24) is 0 Å². The van der Waals surface area contributed by atoms with E-state index in [2.05, 4.69) is 0 Å². The van der Waals surface area contributed by atoms with Crippen LogP contribution in [0, 0.1) is 17.3 Å². The number of carboxylic acids is 1. The first-order valence-electron chi connectivity index (χ1n) is 5.52. The van der Waals surface area contributed by atoms with Gasteiger partial charge < -0.3 is 9.84 Å². The summed E-state index contributed by atoms with van der Waals surface area (Å²) in [4.78, 5) is 34.8. The van der Waals surface area contributed by atoms with E-state index in [4.69, 9.17) is 9.84 Å². The normalized spacial score (nSPS) is 45.4. The Kier molecular flexibility index (Phi) is 1.74. The third-order valence-corrected chi connectivity index (χ3v) is 4.33. The van der Waals surface area contributed by atoms with Gasteiger partial charge in [0.25, 0.3) is 0 Å². The summed E-state index contributed by atoms with van der Waals surface area (Å²) in [5, 5.41) is 9.14. The number of carbonyl (C=O) groups excluding carboxylic acids is 2. The van der Waals surface area contributed by atoms with Crippen LogP contribution < -0.4 is 0 Å². The van der Waals surface area contributed by atoms with Gasteiger partial charge in [-0.15, -0.1) is 0 Å². The van der Waals surface area contributed by atoms with Crippen molar-refractivity contribution in [2.45, 2.75) is 31.8 Å². The molecule has 1 saturated heterocycles. The van der Waals surface area contributed by atoms with Gasteiger partial charge >= 0.3 is 11.9 Å². The van der Waals surface area contributed by atoms with Gasteiger partial charge in [0.2, 0.25) is 0 Å². The van der Waals surface area contributed by atoms with E-state index >= 15 is 0 Å². The van der Waals surface area contributed by atoms with Crippen LogP contribution >= 0.6 is 0 Å². The molecule has 3 aliphatic rings. The smallest absolute Gasteiger partial charge is 0.314 e. The minimum absolute atomic E-state index is 0.0121. The monoisotopic (exact) mass is 224 g/mol. The first-order valence-corrected chi connectivity index (χ1v) is 5.52. The van der Waals surface area contributed by atoms with E-state index in [9.17, 15) is 14.4 Å². The number of carbonyl (C=O) groups is 3. The van der Waals surface area contributed by atoms with E-state index in [1.165, 1.54) is 0 Å². The van der Waals surface area contributed by atoms with Gasteiger partial charge in [0, 0.05) is 18.8 Å². The SMILES string of the molecule is O=C(O)C1CC(=O)C2CCC3CC12C(=O)O3. The third kappa shape index (κ3) is 0.936. The number of aliphatic carboxylic acids is 1. The Balaban J connectivity index is 2.10. The van der Waals surface area contributed by atoms with Crippen molar-refractivity contribution in [3.05, 3.63) is 0 Å². The molecular weight excluding hydrogens is 212 g/mol. The maximum Gasteiger partial charge on any atom is 0.314 e. The topological polar surface area (TPSA) is 80.7 Å². The molecule has 1 spiro atoms. The first kappa shape index (κ1) is 9.81. The predicted molar refractivity (Wildman–Crippen MR) is 50.4 cm³/mol. The van der Waals surface area contributed by atoms with Crippen molar-refractivity contribution in [3.8, 4) is 0 Å². The molecule has 0 amide bonds. The molecule has 0 aromatic carbocycles. The number of carboxylic acid groups (broad SMARTS) is 1. The van der Waals surface area contributed by atoms with Gasteiger partial charge in [0.15, 0.2) is 0 Å². The molecule has 1 N–H and O–H groups in total. The Bertz CT molecular complexity index is 401. The summed E-state index contributed by atoms with van der Waals surface area (Å²) in [5.74, 6) is -2.87. The van der Waals surface area contributed by atoms with Gasteiger partial charge in [-0.2, -0.15) is 0 Å². The number of ketones is 1. The molecule has 1 aliphatic heterocycles. The molecule has 1 heterocycles. The van der Waals surface area contributed by atoms with Gasteiger partial charge in [-0.25, -0.2) is 0 Å². The fraction of sp³-hybridized carbons (Fsp3) is 0.727. The van der Waals surface area contributed by atoms with Crippen LogP contribution in [-0.4, -0.2) is 28.9 Å². The summed E-state index contributed by atoms with van der Waals surface area (Å²) in [7, 11) is 0. The Morgan fingerprint density at radius 1 is 1.38 bits per heavy atom. The number of Topliss-reactive ketones (excluding diaryl/α,β-unsaturated/α-hetero) is 1. The lowest BCUT2D eigenvalue weighted by molar-refractivity contribution is -0.158. The molecule has 0 radical (unpaired) electrons. The van der Waals surface area contributed by atoms with Crippen LogP contribution in [0.1, 0.15) is 25.7 Å². The van der Waals surface area contributed by atoms with Crippen molar-refractivity contribution < 1.29 is 24.2 Å². The lowest BCUT2D eigenvalue weighted by Gasteiger charge is -2.32. The van der Waals surface area contributed by atoms with Gasteiger partial charge in [0.05, 0.1) is 11.3 Å². The summed E-state index contributed by atoms with van der Waals surface area (Å²) in [6.07, 6.45) is 1.52. The second-order valence-electron chi connectivity index (χ2n) is 4.96. The van der Waals surface area contributed by atoms with Crippen molar-refractivity contribution in [1.29, 1.82) is 0 Å². The van der Waals surface area contributed by atoms with Gasteiger partial charge in [-0.05, 0) is 12.8 Å². The highest BCUT2D eigenvalue weighted by atomic mass is 16.6. The largest absolute Gasteiger partial charge is 0.481 e. The summed E-state index contributed by atoms with van der Waals surface area (Å²) >= 11 is 0. The minimum atomic E-state index is -1.05. The first-order chi connectivity index (χ1) is 7.55. The molecule has 0 aromatic heterocycles. The summed E-state index contributed by atoms with van der Waals surface area (Å²) in [6.45, 7) is 0. The molecule has 86 valence electrons. The van der Waals surface area contributed by atoms with Crippen LogP contribution in [-0.2, 0) is 19.1 Å². The second-order valence-corrected chi connectivity index (χ2v) is 4.96. The maximum absolute atomic E-state index is 11.9. The summed E-state index contributed by atoms with van der Waals surface area (Å²) in [5.41, 5.74) is -1.04. The highest BCUT2D eigenvalue weighted by Crippen LogP contribution is 2.58. The summed E-state index contributed by atoms with van der Waals surface area (Å²) in [6, 6.07) is 0. The zero-order chi connectivity index (χ0) is 11.5. The van der Waals surface area contributed by atoms with Crippen molar-refractivity contribution >= 4 is 17.7 Å². The molecule has 0 aromatic rings. The predicted octanol–water partition coefficient (Wildman–Crippen LogP) is 0.372. The molecule has 16 heavy (non-hydrogen) atoms. The van der Waals surface area contributed by atoms with Crippen LogP contribution in [0.2, 0.25) is 0 Å². The quantitative estimate of drug-likeness (QED) is 0.651. The molecule has 2 bridgehead atoms. The number of rotatable bonds is 1. The van der Waals surface area contributed by atoms with Crippen LogP contribution in [0.4, 0.5) is 0 Å². The average molecular weight is 224 g/mol. The zero-order valence-corrected chi connectivity index (χ0v) is 8.64. The standard InChI is InChI=1S/C11H12O5/c12-8-3-7(9(13)14)11-4-5(16-10(11)15)1-2-6(8)11/h5-7H,1-4H2,(H,13,14). The zero-order valence-electron chi connectivity index (χ0n) is 8.64. The van der Waals surface area contributed by atoms with Gasteiger partial charge in [0.1, 0.15) is 11.9 Å². The van der Waals surface area contributed by atoms with Crippen LogP contribution in [0.25, 0.3) is 0 Å². The van der Waals surface area contributed by atoms with Crippen LogP contribution in [0.15, 0.2) is 0 Å². The van der Waals surface area contributed by atoms with Crippen molar-refractivity contribution in [2.75, 3.05) is 0 Å². The Morgan fingerprint density at radius 3 is 2.81 bits per heavy atom. The Hall–Kier alpha value is -1.39.